The third-order valence-corrected chi connectivity index (χ3v) is 4.16. The van der Waals surface area contributed by atoms with Crippen LogP contribution in [0.25, 0.3) is 11.5 Å². The van der Waals surface area contributed by atoms with E-state index in [2.05, 4.69) is 15.5 Å². The monoisotopic (exact) mass is 357 g/mol. The molecule has 2 aromatic carbocycles. The summed E-state index contributed by atoms with van der Waals surface area (Å²) < 4.78 is 19.1. The summed E-state index contributed by atoms with van der Waals surface area (Å²) in [7, 11) is 0. The van der Waals surface area contributed by atoms with Gasteiger partial charge in [0.15, 0.2) is 0 Å². The van der Waals surface area contributed by atoms with Gasteiger partial charge in [-0.2, -0.15) is 0 Å². The fourth-order valence-electron chi connectivity index (χ4n) is 2.38. The Bertz CT molecular complexity index is 891. The van der Waals surface area contributed by atoms with Gasteiger partial charge in [-0.25, -0.2) is 4.39 Å². The van der Waals surface area contributed by atoms with Crippen LogP contribution in [0.5, 0.6) is 0 Å². The standard InChI is InChI=1S/C18H16FN3O2S/c1-11-7-12(2)9-13(8-11)20-16(23)10-25-18-22-21-17(24-18)14-5-3-4-6-15(14)19/h3-9H,10H2,1-2H3,(H,20,23). The summed E-state index contributed by atoms with van der Waals surface area (Å²) in [5.41, 5.74) is 3.14. The van der Waals surface area contributed by atoms with Crippen molar-refractivity contribution in [2.75, 3.05) is 11.1 Å². The molecule has 0 unspecified atom stereocenters. The van der Waals surface area contributed by atoms with Gasteiger partial charge in [-0.15, -0.1) is 10.2 Å². The van der Waals surface area contributed by atoms with Gasteiger partial charge in [0.2, 0.25) is 5.91 Å². The van der Waals surface area contributed by atoms with Crippen LogP contribution in [0.2, 0.25) is 0 Å². The second kappa shape index (κ2) is 7.48. The van der Waals surface area contributed by atoms with Gasteiger partial charge in [-0.3, -0.25) is 4.79 Å². The average molecular weight is 357 g/mol. The lowest BCUT2D eigenvalue weighted by atomic mass is 10.1. The number of carbonyl (C=O) groups is 1. The van der Waals surface area contributed by atoms with Gasteiger partial charge in [0, 0.05) is 5.69 Å². The summed E-state index contributed by atoms with van der Waals surface area (Å²) in [6.45, 7) is 3.94. The molecule has 7 heteroatoms. The minimum atomic E-state index is -0.435. The number of benzene rings is 2. The number of thioether (sulfide) groups is 1. The number of carbonyl (C=O) groups excluding carboxylic acids is 1. The molecule has 0 saturated heterocycles. The molecule has 0 atom stereocenters. The first-order valence-corrected chi connectivity index (χ1v) is 8.59. The first kappa shape index (κ1) is 17.2. The van der Waals surface area contributed by atoms with Crippen LogP contribution in [0.1, 0.15) is 11.1 Å². The molecule has 0 radical (unpaired) electrons. The number of halogens is 1. The molecular weight excluding hydrogens is 341 g/mol. The number of nitrogens with zero attached hydrogens (tertiary/aromatic N) is 2. The summed E-state index contributed by atoms with van der Waals surface area (Å²) in [5, 5.41) is 10.7. The molecular formula is C18H16FN3O2S. The smallest absolute Gasteiger partial charge is 0.277 e. The number of hydrogen-bond donors (Lipinski definition) is 1. The van der Waals surface area contributed by atoms with Crippen molar-refractivity contribution in [3.8, 4) is 11.5 Å². The predicted molar refractivity (Wildman–Crippen MR) is 95.0 cm³/mol. The Hall–Kier alpha value is -2.67. The average Bonchev–Trinajstić information content (AvgIpc) is 3.01. The van der Waals surface area contributed by atoms with E-state index in [1.54, 1.807) is 18.2 Å². The topological polar surface area (TPSA) is 68.0 Å². The number of aryl methyl sites for hydroxylation is 2. The van der Waals surface area contributed by atoms with E-state index in [1.807, 2.05) is 32.0 Å². The van der Waals surface area contributed by atoms with E-state index < -0.39 is 5.82 Å². The lowest BCUT2D eigenvalue weighted by Gasteiger charge is -2.06. The molecule has 3 aromatic rings. The van der Waals surface area contributed by atoms with Crippen molar-refractivity contribution in [3.63, 3.8) is 0 Å². The molecule has 0 aliphatic rings. The maximum Gasteiger partial charge on any atom is 0.277 e. The lowest BCUT2D eigenvalue weighted by molar-refractivity contribution is -0.113. The van der Waals surface area contributed by atoms with Crippen molar-refractivity contribution in [2.45, 2.75) is 19.1 Å². The fourth-order valence-corrected chi connectivity index (χ4v) is 2.95. The molecule has 1 heterocycles. The minimum absolute atomic E-state index is 0.0929. The minimum Gasteiger partial charge on any atom is -0.411 e. The summed E-state index contributed by atoms with van der Waals surface area (Å²) in [5.74, 6) is -0.405. The van der Waals surface area contributed by atoms with E-state index in [0.29, 0.717) is 0 Å². The molecule has 1 amide bonds. The molecule has 25 heavy (non-hydrogen) atoms. The van der Waals surface area contributed by atoms with Gasteiger partial charge in [0.25, 0.3) is 11.1 Å². The van der Waals surface area contributed by atoms with E-state index in [0.717, 1.165) is 28.6 Å². The number of aromatic nitrogens is 2. The van der Waals surface area contributed by atoms with Gasteiger partial charge >= 0.3 is 0 Å². The molecule has 0 bridgehead atoms. The molecule has 5 nitrogen and oxygen atoms in total. The molecule has 0 spiro atoms. The van der Waals surface area contributed by atoms with E-state index >= 15 is 0 Å². The zero-order chi connectivity index (χ0) is 17.8. The van der Waals surface area contributed by atoms with Crippen molar-refractivity contribution in [3.05, 3.63) is 59.4 Å². The predicted octanol–water partition coefficient (Wildman–Crippen LogP) is 4.22. The Balaban J connectivity index is 1.60. The number of anilines is 1. The van der Waals surface area contributed by atoms with Crippen molar-refractivity contribution >= 4 is 23.4 Å². The Labute approximate surface area is 148 Å². The number of nitrogens with one attached hydrogen (secondary N) is 1. The highest BCUT2D eigenvalue weighted by molar-refractivity contribution is 7.99. The third-order valence-electron chi connectivity index (χ3n) is 3.34. The molecule has 0 aliphatic heterocycles. The number of rotatable bonds is 5. The first-order chi connectivity index (χ1) is 12.0. The highest BCUT2D eigenvalue weighted by Crippen LogP contribution is 2.25. The zero-order valence-corrected chi connectivity index (χ0v) is 14.6. The van der Waals surface area contributed by atoms with E-state index in [1.165, 1.54) is 6.07 Å². The molecule has 0 saturated carbocycles. The lowest BCUT2D eigenvalue weighted by Crippen LogP contribution is -2.14. The third kappa shape index (κ3) is 4.45. The Morgan fingerprint density at radius 1 is 1.16 bits per heavy atom. The van der Waals surface area contributed by atoms with Crippen LogP contribution in [-0.2, 0) is 4.79 Å². The second-order valence-electron chi connectivity index (χ2n) is 5.57. The molecule has 0 aliphatic carbocycles. The first-order valence-electron chi connectivity index (χ1n) is 7.60. The van der Waals surface area contributed by atoms with Crippen LogP contribution in [0.15, 0.2) is 52.1 Å². The quantitative estimate of drug-likeness (QED) is 0.692. The van der Waals surface area contributed by atoms with Crippen LogP contribution in [0, 0.1) is 19.7 Å². The molecule has 1 aromatic heterocycles. The van der Waals surface area contributed by atoms with Crippen molar-refractivity contribution < 1.29 is 13.6 Å². The van der Waals surface area contributed by atoms with Crippen LogP contribution < -0.4 is 5.32 Å². The van der Waals surface area contributed by atoms with Gasteiger partial charge in [-0.1, -0.05) is 30.0 Å². The maximum atomic E-state index is 13.7. The largest absolute Gasteiger partial charge is 0.411 e. The Morgan fingerprint density at radius 2 is 1.88 bits per heavy atom. The Kier molecular flexibility index (Phi) is 5.14. The maximum absolute atomic E-state index is 13.7. The highest BCUT2D eigenvalue weighted by atomic mass is 32.2. The van der Waals surface area contributed by atoms with E-state index in [9.17, 15) is 9.18 Å². The summed E-state index contributed by atoms with van der Waals surface area (Å²) in [4.78, 5) is 12.1. The van der Waals surface area contributed by atoms with E-state index in [4.69, 9.17) is 4.42 Å². The number of hydrogen-bond acceptors (Lipinski definition) is 5. The normalized spacial score (nSPS) is 10.7. The summed E-state index contributed by atoms with van der Waals surface area (Å²) in [6, 6.07) is 12.0. The SMILES string of the molecule is Cc1cc(C)cc(NC(=O)CSc2nnc(-c3ccccc3F)o2)c1. The van der Waals surface area contributed by atoms with Gasteiger partial charge in [-0.05, 0) is 49.2 Å². The fraction of sp³-hybridized carbons (Fsp3) is 0.167. The van der Waals surface area contributed by atoms with Crippen LogP contribution in [0.3, 0.4) is 0 Å². The van der Waals surface area contributed by atoms with Gasteiger partial charge in [0.1, 0.15) is 5.82 Å². The molecule has 0 fully saturated rings. The van der Waals surface area contributed by atoms with Crippen LogP contribution in [-0.4, -0.2) is 21.9 Å². The van der Waals surface area contributed by atoms with Crippen LogP contribution >= 0.6 is 11.8 Å². The van der Waals surface area contributed by atoms with E-state index in [-0.39, 0.29) is 28.3 Å². The highest BCUT2D eigenvalue weighted by Gasteiger charge is 2.14. The summed E-state index contributed by atoms with van der Waals surface area (Å²) >= 11 is 1.10. The van der Waals surface area contributed by atoms with Crippen LogP contribution in [0.4, 0.5) is 10.1 Å². The molecule has 128 valence electrons. The molecule has 1 N–H and O–H groups in total. The molecule has 3 rings (SSSR count). The Morgan fingerprint density at radius 3 is 2.60 bits per heavy atom. The zero-order valence-electron chi connectivity index (χ0n) is 13.7. The van der Waals surface area contributed by atoms with Crippen molar-refractivity contribution in [1.29, 1.82) is 0 Å². The summed E-state index contributed by atoms with van der Waals surface area (Å²) in [6.07, 6.45) is 0. The second-order valence-corrected chi connectivity index (χ2v) is 6.49. The van der Waals surface area contributed by atoms with Gasteiger partial charge < -0.3 is 9.73 Å². The van der Waals surface area contributed by atoms with Crippen molar-refractivity contribution in [1.82, 2.24) is 10.2 Å². The number of amides is 1. The van der Waals surface area contributed by atoms with Crippen molar-refractivity contribution in [2.24, 2.45) is 0 Å². The van der Waals surface area contributed by atoms with Gasteiger partial charge in [0.05, 0.1) is 11.3 Å².